The Hall–Kier alpha value is -4.18. The quantitative estimate of drug-likeness (QED) is 0.230. The third kappa shape index (κ3) is 5.51. The Morgan fingerprint density at radius 1 is 1.00 bits per heavy atom. The third-order valence-electron chi connectivity index (χ3n) is 5.69. The van der Waals surface area contributed by atoms with E-state index >= 15 is 0 Å². The Bertz CT molecular complexity index is 1620. The van der Waals surface area contributed by atoms with E-state index in [0.717, 1.165) is 10.5 Å². The number of benzene rings is 3. The Morgan fingerprint density at radius 2 is 1.77 bits per heavy atom. The number of imide groups is 1. The molecule has 39 heavy (non-hydrogen) atoms. The topological polar surface area (TPSA) is 101 Å². The van der Waals surface area contributed by atoms with Gasteiger partial charge in [0.05, 0.1) is 18.0 Å². The lowest BCUT2D eigenvalue weighted by molar-refractivity contribution is -0.120. The number of halogens is 2. The van der Waals surface area contributed by atoms with Crippen LogP contribution in [0.5, 0.6) is 5.75 Å². The van der Waals surface area contributed by atoms with Gasteiger partial charge in [-0.2, -0.15) is 0 Å². The monoisotopic (exact) mass is 578 g/mol. The van der Waals surface area contributed by atoms with Crippen LogP contribution < -0.4 is 20.3 Å². The molecule has 5 rings (SSSR count). The molecule has 0 atom stereocenters. The zero-order chi connectivity index (χ0) is 27.5. The van der Waals surface area contributed by atoms with Gasteiger partial charge in [0.25, 0.3) is 17.7 Å². The van der Waals surface area contributed by atoms with Crippen molar-refractivity contribution >= 4 is 68.8 Å². The number of para-hydroxylation sites is 2. The first-order chi connectivity index (χ1) is 18.9. The lowest BCUT2D eigenvalue weighted by Gasteiger charge is -2.18. The molecule has 2 N–H and O–H groups in total. The number of carbonyl (C=O) groups excluding carboxylic acids is 3. The molecule has 1 aliphatic heterocycles. The average Bonchev–Trinajstić information content (AvgIpc) is 3.48. The van der Waals surface area contributed by atoms with Crippen LogP contribution in [0.4, 0.5) is 16.5 Å². The lowest BCUT2D eigenvalue weighted by atomic mass is 10.2. The summed E-state index contributed by atoms with van der Waals surface area (Å²) >= 11 is 13.5. The minimum Gasteiger partial charge on any atom is -0.492 e. The molecule has 0 spiro atoms. The van der Waals surface area contributed by atoms with Crippen molar-refractivity contribution in [2.75, 3.05) is 22.1 Å². The van der Waals surface area contributed by atoms with E-state index in [1.54, 1.807) is 67.6 Å². The van der Waals surface area contributed by atoms with Gasteiger partial charge in [0.2, 0.25) is 0 Å². The Morgan fingerprint density at radius 3 is 2.54 bits per heavy atom. The second kappa shape index (κ2) is 11.3. The molecule has 0 radical (unpaired) electrons. The van der Waals surface area contributed by atoms with Crippen molar-refractivity contribution in [3.05, 3.63) is 99.5 Å². The van der Waals surface area contributed by atoms with Crippen molar-refractivity contribution in [3.63, 3.8) is 0 Å². The highest BCUT2D eigenvalue weighted by atomic mass is 35.5. The fourth-order valence-corrected chi connectivity index (χ4v) is 4.94. The number of thiazole rings is 1. The third-order valence-corrected chi connectivity index (χ3v) is 7.05. The van der Waals surface area contributed by atoms with Gasteiger partial charge in [-0.1, -0.05) is 53.5 Å². The lowest BCUT2D eigenvalue weighted by Crippen LogP contribution is -2.32. The maximum absolute atomic E-state index is 13.2. The zero-order valence-corrected chi connectivity index (χ0v) is 22.7. The highest BCUT2D eigenvalue weighted by Gasteiger charge is 2.40. The van der Waals surface area contributed by atoms with E-state index in [0.29, 0.717) is 45.1 Å². The maximum Gasteiger partial charge on any atom is 0.283 e. The molecule has 3 amide bonds. The van der Waals surface area contributed by atoms with E-state index in [-0.39, 0.29) is 10.7 Å². The number of nitrogens with one attached hydrogen (secondary N) is 2. The van der Waals surface area contributed by atoms with Crippen molar-refractivity contribution < 1.29 is 19.1 Å². The minimum absolute atomic E-state index is 0.0990. The van der Waals surface area contributed by atoms with E-state index in [4.69, 9.17) is 27.9 Å². The van der Waals surface area contributed by atoms with Crippen LogP contribution in [0.15, 0.2) is 88.9 Å². The summed E-state index contributed by atoms with van der Waals surface area (Å²) in [5.41, 5.74) is 2.50. The van der Waals surface area contributed by atoms with Crippen LogP contribution in [0.3, 0.4) is 0 Å². The summed E-state index contributed by atoms with van der Waals surface area (Å²) < 4.78 is 5.57. The first-order valence-corrected chi connectivity index (χ1v) is 13.4. The van der Waals surface area contributed by atoms with Crippen molar-refractivity contribution in [1.29, 1.82) is 0 Å². The van der Waals surface area contributed by atoms with Gasteiger partial charge in [-0.15, -0.1) is 11.3 Å². The molecule has 0 saturated carbocycles. The number of hydrogen-bond donors (Lipinski definition) is 2. The van der Waals surface area contributed by atoms with Crippen molar-refractivity contribution in [2.45, 2.75) is 6.92 Å². The van der Waals surface area contributed by atoms with Crippen LogP contribution in [0.2, 0.25) is 5.02 Å². The maximum atomic E-state index is 13.2. The van der Waals surface area contributed by atoms with Gasteiger partial charge in [-0.05, 0) is 49.4 Å². The van der Waals surface area contributed by atoms with Crippen molar-refractivity contribution in [3.8, 4) is 17.0 Å². The van der Waals surface area contributed by atoms with Gasteiger partial charge >= 0.3 is 0 Å². The predicted molar refractivity (Wildman–Crippen MR) is 154 cm³/mol. The molecule has 0 fully saturated rings. The summed E-state index contributed by atoms with van der Waals surface area (Å²) in [7, 11) is 0. The second-order valence-electron chi connectivity index (χ2n) is 8.24. The normalized spacial score (nSPS) is 13.2. The number of rotatable bonds is 8. The summed E-state index contributed by atoms with van der Waals surface area (Å²) in [6.45, 7) is 2.16. The molecule has 2 heterocycles. The van der Waals surface area contributed by atoms with E-state index in [1.165, 1.54) is 11.3 Å². The number of amides is 3. The largest absolute Gasteiger partial charge is 0.492 e. The van der Waals surface area contributed by atoms with Crippen LogP contribution in [-0.2, 0) is 9.59 Å². The van der Waals surface area contributed by atoms with Crippen LogP contribution in [-0.4, -0.2) is 29.3 Å². The highest BCUT2D eigenvalue weighted by Crippen LogP contribution is 2.35. The summed E-state index contributed by atoms with van der Waals surface area (Å²) in [5, 5.41) is 8.31. The molecule has 0 aliphatic carbocycles. The molecule has 1 aliphatic rings. The van der Waals surface area contributed by atoms with Gasteiger partial charge in [-0.3, -0.25) is 19.7 Å². The highest BCUT2D eigenvalue weighted by molar-refractivity contribution is 7.14. The molecule has 0 unspecified atom stereocenters. The average molecular weight is 579 g/mol. The van der Waals surface area contributed by atoms with E-state index in [1.807, 2.05) is 17.5 Å². The summed E-state index contributed by atoms with van der Waals surface area (Å²) in [4.78, 5) is 44.5. The van der Waals surface area contributed by atoms with Gasteiger partial charge in [0.1, 0.15) is 16.5 Å². The van der Waals surface area contributed by atoms with Crippen LogP contribution >= 0.6 is 34.5 Å². The SMILES string of the molecule is CCOc1ccccc1N1C(=O)C(Cl)=C(Nc2cccc(C(=O)Nc3nc(-c4ccc(Cl)cc4)cs3)c2)C1=O. The molecule has 11 heteroatoms. The molecular formula is C28H20Cl2N4O4S. The van der Waals surface area contributed by atoms with Crippen LogP contribution in [0.25, 0.3) is 11.3 Å². The van der Waals surface area contributed by atoms with E-state index < -0.39 is 17.7 Å². The van der Waals surface area contributed by atoms with Crippen molar-refractivity contribution in [2.24, 2.45) is 0 Å². The Kier molecular flexibility index (Phi) is 7.65. The molecule has 1 aromatic heterocycles. The molecule has 0 saturated heterocycles. The number of ether oxygens (including phenoxy) is 1. The van der Waals surface area contributed by atoms with Crippen LogP contribution in [0.1, 0.15) is 17.3 Å². The molecule has 8 nitrogen and oxygen atoms in total. The molecule has 3 aromatic carbocycles. The second-order valence-corrected chi connectivity index (χ2v) is 9.91. The molecule has 196 valence electrons. The summed E-state index contributed by atoms with van der Waals surface area (Å²) in [5.74, 6) is -1.32. The Balaban J connectivity index is 1.31. The van der Waals surface area contributed by atoms with Crippen molar-refractivity contribution in [1.82, 2.24) is 4.98 Å². The number of nitrogens with zero attached hydrogens (tertiary/aromatic N) is 2. The summed E-state index contributed by atoms with van der Waals surface area (Å²) in [6.07, 6.45) is 0. The number of hydrogen-bond acceptors (Lipinski definition) is 7. The molecule has 0 bridgehead atoms. The fraction of sp³-hybridized carbons (Fsp3) is 0.0714. The number of carbonyl (C=O) groups is 3. The van der Waals surface area contributed by atoms with E-state index in [9.17, 15) is 14.4 Å². The molecular weight excluding hydrogens is 559 g/mol. The standard InChI is InChI=1S/C28H20Cl2N4O4S/c1-2-38-22-9-4-3-8-21(22)34-26(36)23(30)24(27(34)37)31-19-7-5-6-17(14-19)25(35)33-28-32-20(15-39-28)16-10-12-18(29)13-11-16/h3-15,31H,2H2,1H3,(H,32,33,35). The Labute approximate surface area is 237 Å². The van der Waals surface area contributed by atoms with Gasteiger partial charge in [-0.25, -0.2) is 9.88 Å². The summed E-state index contributed by atoms with van der Waals surface area (Å²) in [6, 6.07) is 20.4. The molecule has 4 aromatic rings. The minimum atomic E-state index is -0.675. The number of aromatic nitrogens is 1. The smallest absolute Gasteiger partial charge is 0.283 e. The first kappa shape index (κ1) is 26.4. The number of anilines is 3. The predicted octanol–water partition coefficient (Wildman–Crippen LogP) is 6.55. The van der Waals surface area contributed by atoms with Gasteiger partial charge in [0, 0.05) is 27.2 Å². The first-order valence-electron chi connectivity index (χ1n) is 11.8. The van der Waals surface area contributed by atoms with Gasteiger partial charge in [0.15, 0.2) is 5.13 Å². The van der Waals surface area contributed by atoms with Crippen LogP contribution in [0, 0.1) is 0 Å². The fourth-order valence-electron chi connectivity index (χ4n) is 3.89. The zero-order valence-electron chi connectivity index (χ0n) is 20.4. The van der Waals surface area contributed by atoms with E-state index in [2.05, 4.69) is 15.6 Å². The van der Waals surface area contributed by atoms with Gasteiger partial charge < -0.3 is 10.1 Å².